The van der Waals surface area contributed by atoms with E-state index < -0.39 is 6.04 Å². The number of nitrogens with one attached hydrogen (secondary N) is 1. The molecule has 0 radical (unpaired) electrons. The third-order valence-electron chi connectivity index (χ3n) is 3.83. The lowest BCUT2D eigenvalue weighted by Crippen LogP contribution is -2.42. The zero-order valence-electron chi connectivity index (χ0n) is 12.3. The van der Waals surface area contributed by atoms with Gasteiger partial charge in [0.15, 0.2) is 0 Å². The Kier molecular flexibility index (Phi) is 8.35. The van der Waals surface area contributed by atoms with Crippen LogP contribution in [0.4, 0.5) is 0 Å². The van der Waals surface area contributed by atoms with Gasteiger partial charge in [0.1, 0.15) is 0 Å². The Morgan fingerprint density at radius 1 is 1.29 bits per heavy atom. The summed E-state index contributed by atoms with van der Waals surface area (Å²) < 4.78 is 5.32. The lowest BCUT2D eigenvalue weighted by molar-refractivity contribution is -0.122. The third kappa shape index (κ3) is 6.46. The predicted molar refractivity (Wildman–Crippen MR) is 86.5 cm³/mol. The van der Waals surface area contributed by atoms with E-state index in [0.29, 0.717) is 18.9 Å². The molecule has 3 N–H and O–H groups in total. The average Bonchev–Trinajstić information content (AvgIpc) is 2.49. The van der Waals surface area contributed by atoms with Crippen molar-refractivity contribution in [1.29, 1.82) is 0 Å². The van der Waals surface area contributed by atoms with Crippen molar-refractivity contribution < 1.29 is 9.53 Å². The Labute approximate surface area is 132 Å². The molecule has 1 heterocycles. The summed E-state index contributed by atoms with van der Waals surface area (Å²) in [6, 6.07) is 9.41. The summed E-state index contributed by atoms with van der Waals surface area (Å²) >= 11 is 0. The summed E-state index contributed by atoms with van der Waals surface area (Å²) in [6.45, 7) is 2.42. The lowest BCUT2D eigenvalue weighted by Gasteiger charge is -2.22. The highest BCUT2D eigenvalue weighted by molar-refractivity contribution is 5.85. The normalized spacial score (nSPS) is 16.8. The highest BCUT2D eigenvalue weighted by atomic mass is 35.5. The minimum Gasteiger partial charge on any atom is -0.381 e. The second-order valence-electron chi connectivity index (χ2n) is 5.43. The van der Waals surface area contributed by atoms with Crippen LogP contribution in [0.2, 0.25) is 0 Å². The molecule has 1 atom stereocenters. The first-order valence-corrected chi connectivity index (χ1v) is 7.40. The number of benzene rings is 1. The Bertz CT molecular complexity index is 408. The van der Waals surface area contributed by atoms with Crippen molar-refractivity contribution in [2.75, 3.05) is 19.8 Å². The number of carbonyl (C=O) groups is 1. The molecule has 0 bridgehead atoms. The van der Waals surface area contributed by atoms with Gasteiger partial charge in [0, 0.05) is 19.8 Å². The van der Waals surface area contributed by atoms with Crippen LogP contribution in [0.25, 0.3) is 0 Å². The van der Waals surface area contributed by atoms with E-state index in [9.17, 15) is 4.79 Å². The maximum Gasteiger partial charge on any atom is 0.237 e. The highest BCUT2D eigenvalue weighted by Crippen LogP contribution is 2.17. The van der Waals surface area contributed by atoms with Crippen LogP contribution in [0.15, 0.2) is 30.3 Å². The van der Waals surface area contributed by atoms with E-state index in [1.165, 1.54) is 0 Å². The number of rotatable bonds is 6. The van der Waals surface area contributed by atoms with Crippen LogP contribution in [0.1, 0.15) is 24.8 Å². The zero-order chi connectivity index (χ0) is 14.2. The van der Waals surface area contributed by atoms with E-state index in [1.807, 2.05) is 30.3 Å². The summed E-state index contributed by atoms with van der Waals surface area (Å²) in [5.74, 6) is 0.621. The van der Waals surface area contributed by atoms with Gasteiger partial charge in [-0.1, -0.05) is 30.3 Å². The lowest BCUT2D eigenvalue weighted by atomic mass is 9.96. The van der Waals surface area contributed by atoms with Crippen molar-refractivity contribution in [1.82, 2.24) is 5.32 Å². The van der Waals surface area contributed by atoms with Crippen LogP contribution < -0.4 is 11.1 Å². The van der Waals surface area contributed by atoms with Gasteiger partial charge in [-0.15, -0.1) is 12.4 Å². The van der Waals surface area contributed by atoms with Crippen molar-refractivity contribution in [2.45, 2.75) is 31.7 Å². The number of carbonyl (C=O) groups excluding carboxylic acids is 1. The molecule has 0 aliphatic carbocycles. The first-order valence-electron chi connectivity index (χ1n) is 7.40. The first kappa shape index (κ1) is 18.0. The maximum atomic E-state index is 11.9. The number of halogens is 1. The van der Waals surface area contributed by atoms with Crippen LogP contribution in [0.5, 0.6) is 0 Å². The molecular formula is C16H25ClN2O2. The summed E-state index contributed by atoms with van der Waals surface area (Å²) in [6.07, 6.45) is 3.81. The van der Waals surface area contributed by atoms with Crippen LogP contribution in [-0.2, 0) is 16.0 Å². The van der Waals surface area contributed by atoms with Gasteiger partial charge in [-0.05, 0) is 37.2 Å². The van der Waals surface area contributed by atoms with E-state index >= 15 is 0 Å². The van der Waals surface area contributed by atoms with Crippen LogP contribution >= 0.6 is 12.4 Å². The van der Waals surface area contributed by atoms with Gasteiger partial charge in [0.25, 0.3) is 0 Å². The minimum absolute atomic E-state index is 0. The maximum absolute atomic E-state index is 11.9. The molecule has 0 aromatic heterocycles. The largest absolute Gasteiger partial charge is 0.381 e. The Morgan fingerprint density at radius 3 is 2.62 bits per heavy atom. The van der Waals surface area contributed by atoms with Crippen LogP contribution in [0, 0.1) is 5.92 Å². The van der Waals surface area contributed by atoms with Crippen LogP contribution in [0.3, 0.4) is 0 Å². The van der Waals surface area contributed by atoms with Crippen molar-refractivity contribution in [2.24, 2.45) is 11.7 Å². The summed E-state index contributed by atoms with van der Waals surface area (Å²) in [5, 5.41) is 2.95. The molecule has 1 saturated heterocycles. The Morgan fingerprint density at radius 2 is 1.95 bits per heavy atom. The number of hydrogen-bond donors (Lipinski definition) is 2. The fourth-order valence-electron chi connectivity index (χ4n) is 2.53. The number of amides is 1. The molecule has 0 spiro atoms. The van der Waals surface area contributed by atoms with E-state index in [2.05, 4.69) is 5.32 Å². The average molecular weight is 313 g/mol. The van der Waals surface area contributed by atoms with E-state index in [4.69, 9.17) is 10.5 Å². The molecule has 1 aromatic rings. The molecule has 1 fully saturated rings. The Balaban J connectivity index is 0.00000220. The molecule has 2 rings (SSSR count). The van der Waals surface area contributed by atoms with Crippen molar-refractivity contribution in [3.63, 3.8) is 0 Å². The van der Waals surface area contributed by atoms with E-state index in [-0.39, 0.29) is 18.3 Å². The predicted octanol–water partition coefficient (Wildman–Crippen LogP) is 1.91. The molecule has 1 aliphatic heterocycles. The summed E-state index contributed by atoms with van der Waals surface area (Å²) in [4.78, 5) is 11.9. The highest BCUT2D eigenvalue weighted by Gasteiger charge is 2.16. The molecule has 1 amide bonds. The quantitative estimate of drug-likeness (QED) is 0.843. The summed E-state index contributed by atoms with van der Waals surface area (Å²) in [5.41, 5.74) is 7.03. The fraction of sp³-hybridized carbons (Fsp3) is 0.562. The second-order valence-corrected chi connectivity index (χ2v) is 5.43. The van der Waals surface area contributed by atoms with Crippen molar-refractivity contribution in [3.05, 3.63) is 35.9 Å². The molecule has 118 valence electrons. The number of nitrogens with two attached hydrogens (primary N) is 1. The van der Waals surface area contributed by atoms with Gasteiger partial charge >= 0.3 is 0 Å². The van der Waals surface area contributed by atoms with Crippen molar-refractivity contribution >= 4 is 18.3 Å². The number of hydrogen-bond acceptors (Lipinski definition) is 3. The molecule has 1 aliphatic rings. The third-order valence-corrected chi connectivity index (χ3v) is 3.83. The van der Waals surface area contributed by atoms with E-state index in [1.54, 1.807) is 0 Å². The van der Waals surface area contributed by atoms with Gasteiger partial charge in [0.2, 0.25) is 5.91 Å². The molecule has 21 heavy (non-hydrogen) atoms. The fourth-order valence-corrected chi connectivity index (χ4v) is 2.53. The number of ether oxygens (including phenoxy) is 1. The molecule has 1 aromatic carbocycles. The first-order chi connectivity index (χ1) is 9.75. The van der Waals surface area contributed by atoms with Crippen molar-refractivity contribution in [3.8, 4) is 0 Å². The molecule has 0 saturated carbocycles. The second kappa shape index (κ2) is 9.77. The smallest absolute Gasteiger partial charge is 0.237 e. The SMILES string of the molecule is Cl.N[C@@H](Cc1ccccc1)C(=O)NCCC1CCOCC1. The van der Waals surface area contributed by atoms with Gasteiger partial charge < -0.3 is 15.8 Å². The standard InChI is InChI=1S/C16H24N2O2.ClH/c17-15(12-14-4-2-1-3-5-14)16(19)18-9-6-13-7-10-20-11-8-13;/h1-5,13,15H,6-12,17H2,(H,18,19);1H/t15-;/m0./s1. The van der Waals surface area contributed by atoms with E-state index in [0.717, 1.165) is 38.0 Å². The molecule has 5 heteroatoms. The zero-order valence-corrected chi connectivity index (χ0v) is 13.1. The molecule has 0 unspecified atom stereocenters. The topological polar surface area (TPSA) is 64.4 Å². The van der Waals surface area contributed by atoms with Crippen LogP contribution in [-0.4, -0.2) is 31.7 Å². The monoisotopic (exact) mass is 312 g/mol. The summed E-state index contributed by atoms with van der Waals surface area (Å²) in [7, 11) is 0. The van der Waals surface area contributed by atoms with Gasteiger partial charge in [-0.3, -0.25) is 4.79 Å². The Hall–Kier alpha value is -1.10. The molecular weight excluding hydrogens is 288 g/mol. The van der Waals surface area contributed by atoms with Gasteiger partial charge in [-0.2, -0.15) is 0 Å². The molecule has 4 nitrogen and oxygen atoms in total. The van der Waals surface area contributed by atoms with Gasteiger partial charge in [0.05, 0.1) is 6.04 Å². The minimum atomic E-state index is -0.466. The van der Waals surface area contributed by atoms with Gasteiger partial charge in [-0.25, -0.2) is 0 Å².